The summed E-state index contributed by atoms with van der Waals surface area (Å²) in [5, 5.41) is 1.51. The second-order valence-electron chi connectivity index (χ2n) is 4.18. The number of hydrogen-bond donors (Lipinski definition) is 2. The Morgan fingerprint density at radius 3 is 2.62 bits per heavy atom. The van der Waals surface area contributed by atoms with Crippen molar-refractivity contribution in [1.29, 1.82) is 0 Å². The number of aliphatic imine (C=N–C) groups is 1. The number of carbonyl (C=O) groups excluding carboxylic acids is 1. The number of benzene rings is 1. The maximum absolute atomic E-state index is 11.9. The van der Waals surface area contributed by atoms with Crippen molar-refractivity contribution in [1.82, 2.24) is 5.32 Å². The van der Waals surface area contributed by atoms with E-state index in [1.54, 1.807) is 24.3 Å². The van der Waals surface area contributed by atoms with Gasteiger partial charge in [0.25, 0.3) is 0 Å². The van der Waals surface area contributed by atoms with E-state index in [9.17, 15) is 13.2 Å². The number of methoxy groups -OCH3 is 1. The molecule has 1 aromatic carbocycles. The molecule has 0 saturated carbocycles. The summed E-state index contributed by atoms with van der Waals surface area (Å²) < 4.78 is 28.1. The van der Waals surface area contributed by atoms with Gasteiger partial charge in [-0.1, -0.05) is 29.8 Å². The lowest BCUT2D eigenvalue weighted by atomic mass is 10.1. The highest BCUT2D eigenvalue weighted by Crippen LogP contribution is 2.28. The van der Waals surface area contributed by atoms with Crippen molar-refractivity contribution in [2.24, 2.45) is 10.7 Å². The van der Waals surface area contributed by atoms with Crippen molar-refractivity contribution in [2.45, 2.75) is 5.25 Å². The lowest BCUT2D eigenvalue weighted by Gasteiger charge is -2.15. The zero-order valence-corrected chi connectivity index (χ0v) is 13.1. The molecule has 7 nitrogen and oxygen atoms in total. The Morgan fingerprint density at radius 1 is 1.48 bits per heavy atom. The summed E-state index contributed by atoms with van der Waals surface area (Å²) in [6, 6.07) is 6.57. The first kappa shape index (κ1) is 17.3. The third-order valence-electron chi connectivity index (χ3n) is 2.61. The van der Waals surface area contributed by atoms with Crippen LogP contribution in [0.2, 0.25) is 5.02 Å². The predicted octanol–water partition coefficient (Wildman–Crippen LogP) is 1.10. The smallest absolute Gasteiger partial charge is 0.413 e. The highest BCUT2D eigenvalue weighted by molar-refractivity contribution is 7.91. The second-order valence-corrected chi connectivity index (χ2v) is 6.82. The van der Waals surface area contributed by atoms with Crippen molar-refractivity contribution < 1.29 is 17.9 Å². The number of carbonyl (C=O) groups is 1. The van der Waals surface area contributed by atoms with Crippen LogP contribution in [0.15, 0.2) is 29.3 Å². The fourth-order valence-corrected chi connectivity index (χ4v) is 2.92. The normalized spacial score (nSPS) is 13.6. The first-order valence-electron chi connectivity index (χ1n) is 5.84. The topological polar surface area (TPSA) is 111 Å². The van der Waals surface area contributed by atoms with Crippen LogP contribution < -0.4 is 11.1 Å². The number of halogens is 1. The Balaban J connectivity index is 3.00. The van der Waals surface area contributed by atoms with E-state index in [0.29, 0.717) is 10.6 Å². The quantitative estimate of drug-likeness (QED) is 0.633. The predicted molar refractivity (Wildman–Crippen MR) is 81.1 cm³/mol. The van der Waals surface area contributed by atoms with E-state index >= 15 is 0 Å². The standard InChI is InChI=1S/C12H16ClN3O4S/c1-20-12(17)16-11(14)15-7-10(21(2,18)19)8-5-3-4-6-9(8)13/h3-6,10H,7H2,1-2H3,(H3,14,15,16,17). The van der Waals surface area contributed by atoms with Crippen LogP contribution in [0.3, 0.4) is 0 Å². The van der Waals surface area contributed by atoms with Crippen LogP contribution in [0, 0.1) is 0 Å². The Morgan fingerprint density at radius 2 is 2.10 bits per heavy atom. The molecule has 0 aliphatic carbocycles. The molecule has 0 aromatic heterocycles. The van der Waals surface area contributed by atoms with Gasteiger partial charge in [-0.2, -0.15) is 0 Å². The first-order valence-corrected chi connectivity index (χ1v) is 8.17. The van der Waals surface area contributed by atoms with Gasteiger partial charge in [-0.05, 0) is 11.6 Å². The maximum atomic E-state index is 11.9. The van der Waals surface area contributed by atoms with Crippen molar-refractivity contribution >= 4 is 33.5 Å². The van der Waals surface area contributed by atoms with Gasteiger partial charge in [0.2, 0.25) is 0 Å². The van der Waals surface area contributed by atoms with Crippen molar-refractivity contribution in [3.8, 4) is 0 Å². The average molecular weight is 334 g/mol. The van der Waals surface area contributed by atoms with E-state index in [1.165, 1.54) is 7.11 Å². The molecule has 0 aliphatic heterocycles. The molecule has 0 saturated heterocycles. The lowest BCUT2D eigenvalue weighted by molar-refractivity contribution is 0.176. The Kier molecular flexibility index (Phi) is 5.98. The molecular weight excluding hydrogens is 318 g/mol. The van der Waals surface area contributed by atoms with E-state index in [2.05, 4.69) is 15.0 Å². The maximum Gasteiger partial charge on any atom is 0.413 e. The number of nitrogens with two attached hydrogens (primary N) is 1. The second kappa shape index (κ2) is 7.28. The van der Waals surface area contributed by atoms with Crippen LogP contribution in [0.4, 0.5) is 4.79 Å². The molecule has 0 bridgehead atoms. The number of nitrogens with one attached hydrogen (secondary N) is 1. The molecule has 0 heterocycles. The van der Waals surface area contributed by atoms with Gasteiger partial charge in [0, 0.05) is 11.3 Å². The third kappa shape index (κ3) is 5.24. The van der Waals surface area contributed by atoms with Crippen molar-refractivity contribution in [3.63, 3.8) is 0 Å². The summed E-state index contributed by atoms with van der Waals surface area (Å²) in [5.74, 6) is -0.234. The van der Waals surface area contributed by atoms with Crippen LogP contribution in [0.1, 0.15) is 10.8 Å². The molecule has 0 spiro atoms. The van der Waals surface area contributed by atoms with Gasteiger partial charge >= 0.3 is 6.09 Å². The highest BCUT2D eigenvalue weighted by atomic mass is 35.5. The van der Waals surface area contributed by atoms with Crippen molar-refractivity contribution in [2.75, 3.05) is 19.9 Å². The first-order chi connectivity index (χ1) is 9.75. The Bertz CT molecular complexity index is 646. The summed E-state index contributed by atoms with van der Waals surface area (Å²) in [7, 11) is -2.29. The van der Waals surface area contributed by atoms with Crippen LogP contribution in [-0.2, 0) is 14.6 Å². The molecule has 9 heteroatoms. The van der Waals surface area contributed by atoms with Gasteiger partial charge < -0.3 is 10.5 Å². The minimum absolute atomic E-state index is 0.168. The molecule has 1 rings (SSSR count). The summed E-state index contributed by atoms with van der Waals surface area (Å²) in [6.45, 7) is -0.168. The average Bonchev–Trinajstić information content (AvgIpc) is 2.39. The van der Waals surface area contributed by atoms with Gasteiger partial charge in [-0.3, -0.25) is 10.3 Å². The van der Waals surface area contributed by atoms with Crippen LogP contribution in [0.25, 0.3) is 0 Å². The Hall–Kier alpha value is -1.80. The molecule has 0 fully saturated rings. The fraction of sp³-hybridized carbons (Fsp3) is 0.333. The van der Waals surface area contributed by atoms with Gasteiger partial charge in [0.15, 0.2) is 15.8 Å². The molecule has 116 valence electrons. The summed E-state index contributed by atoms with van der Waals surface area (Å²) >= 11 is 6.01. The third-order valence-corrected chi connectivity index (χ3v) is 4.39. The van der Waals surface area contributed by atoms with E-state index in [0.717, 1.165) is 6.26 Å². The van der Waals surface area contributed by atoms with Crippen LogP contribution >= 0.6 is 11.6 Å². The van der Waals surface area contributed by atoms with E-state index < -0.39 is 21.2 Å². The minimum atomic E-state index is -3.46. The molecular formula is C12H16ClN3O4S. The van der Waals surface area contributed by atoms with E-state index in [1.807, 2.05) is 0 Å². The van der Waals surface area contributed by atoms with Crippen molar-refractivity contribution in [3.05, 3.63) is 34.9 Å². The summed E-state index contributed by atoms with van der Waals surface area (Å²) in [6.07, 6.45) is 0.297. The fourth-order valence-electron chi connectivity index (χ4n) is 1.58. The molecule has 1 atom stereocenters. The monoisotopic (exact) mass is 333 g/mol. The summed E-state index contributed by atoms with van der Waals surface area (Å²) in [4.78, 5) is 14.8. The number of hydrogen-bond acceptors (Lipinski definition) is 5. The highest BCUT2D eigenvalue weighted by Gasteiger charge is 2.24. The number of rotatable bonds is 4. The van der Waals surface area contributed by atoms with Gasteiger partial charge in [0.1, 0.15) is 5.25 Å². The molecule has 0 aliphatic rings. The SMILES string of the molecule is COC(=O)NC(N)=NCC(c1ccccc1Cl)S(C)(=O)=O. The molecule has 0 radical (unpaired) electrons. The molecule has 3 N–H and O–H groups in total. The largest absolute Gasteiger partial charge is 0.453 e. The number of guanidine groups is 1. The van der Waals surface area contributed by atoms with Gasteiger partial charge in [-0.15, -0.1) is 0 Å². The van der Waals surface area contributed by atoms with E-state index in [4.69, 9.17) is 17.3 Å². The van der Waals surface area contributed by atoms with Crippen LogP contribution in [-0.4, -0.2) is 40.4 Å². The van der Waals surface area contributed by atoms with E-state index in [-0.39, 0.29) is 12.5 Å². The number of ether oxygens (including phenoxy) is 1. The number of amides is 1. The molecule has 1 amide bonds. The molecule has 21 heavy (non-hydrogen) atoms. The van der Waals surface area contributed by atoms with Gasteiger partial charge in [-0.25, -0.2) is 13.2 Å². The number of sulfone groups is 1. The molecule has 1 unspecified atom stereocenters. The molecule has 1 aromatic rings. The zero-order valence-electron chi connectivity index (χ0n) is 11.5. The van der Waals surface area contributed by atoms with Gasteiger partial charge in [0.05, 0.1) is 13.7 Å². The Labute approximate surface area is 128 Å². The minimum Gasteiger partial charge on any atom is -0.453 e. The number of alkyl carbamates (subject to hydrolysis) is 1. The van der Waals surface area contributed by atoms with Crippen LogP contribution in [0.5, 0.6) is 0 Å². The zero-order chi connectivity index (χ0) is 16.0. The summed E-state index contributed by atoms with van der Waals surface area (Å²) in [5.41, 5.74) is 5.90. The lowest BCUT2D eigenvalue weighted by Crippen LogP contribution is -2.37. The number of nitrogens with zero attached hydrogens (tertiary/aromatic N) is 1.